The Labute approximate surface area is 222 Å². The highest BCUT2D eigenvalue weighted by atomic mass is 16.7. The van der Waals surface area contributed by atoms with E-state index in [4.69, 9.17) is 9.57 Å². The number of carbonyl (C=O) groups is 6. The number of esters is 1. The summed E-state index contributed by atoms with van der Waals surface area (Å²) in [5.41, 5.74) is 0.617. The molecule has 1 aliphatic heterocycles. The van der Waals surface area contributed by atoms with Crippen LogP contribution in [0.15, 0.2) is 11.6 Å². The summed E-state index contributed by atoms with van der Waals surface area (Å²) in [6.07, 6.45) is 6.16. The molecule has 4 aliphatic carbocycles. The third kappa shape index (κ3) is 4.41. The molecular weight excluding hydrogens is 490 g/mol. The minimum atomic E-state index is -0.841. The van der Waals surface area contributed by atoms with E-state index in [1.165, 1.54) is 0 Å². The lowest BCUT2D eigenvalue weighted by atomic mass is 9.46. The number of amides is 2. The molecule has 0 N–H and O–H groups in total. The van der Waals surface area contributed by atoms with E-state index in [1.807, 2.05) is 0 Å². The summed E-state index contributed by atoms with van der Waals surface area (Å²) in [6, 6.07) is 0. The fourth-order valence-electron chi connectivity index (χ4n) is 8.67. The monoisotopic (exact) mass is 527 g/mol. The highest BCUT2D eigenvalue weighted by Crippen LogP contribution is 2.67. The highest BCUT2D eigenvalue weighted by molar-refractivity contribution is 6.01. The van der Waals surface area contributed by atoms with Gasteiger partial charge >= 0.3 is 11.9 Å². The zero-order chi connectivity index (χ0) is 27.4. The molecule has 3 saturated carbocycles. The maximum atomic E-state index is 13.1. The Balaban J connectivity index is 1.34. The number of ether oxygens (including phenoxy) is 1. The predicted molar refractivity (Wildman–Crippen MR) is 133 cm³/mol. The topological polar surface area (TPSA) is 124 Å². The number of allylic oxidation sites excluding steroid dienone is 1. The van der Waals surface area contributed by atoms with Gasteiger partial charge in [-0.1, -0.05) is 19.4 Å². The minimum Gasteiger partial charge on any atom is -0.462 e. The molecule has 4 fully saturated rings. The van der Waals surface area contributed by atoms with Crippen molar-refractivity contribution in [3.05, 3.63) is 11.6 Å². The van der Waals surface area contributed by atoms with Crippen LogP contribution in [-0.2, 0) is 38.3 Å². The van der Waals surface area contributed by atoms with Crippen molar-refractivity contribution in [3.63, 3.8) is 0 Å². The minimum absolute atomic E-state index is 0.000207. The van der Waals surface area contributed by atoms with Crippen LogP contribution in [0.25, 0.3) is 0 Å². The molecule has 7 atom stereocenters. The van der Waals surface area contributed by atoms with Crippen LogP contribution in [-0.4, -0.2) is 46.5 Å². The van der Waals surface area contributed by atoms with Gasteiger partial charge in [0.25, 0.3) is 11.8 Å². The Bertz CT molecular complexity index is 1110. The zero-order valence-corrected chi connectivity index (χ0v) is 22.5. The van der Waals surface area contributed by atoms with Crippen LogP contribution in [0.2, 0.25) is 0 Å². The predicted octanol–water partition coefficient (Wildman–Crippen LogP) is 3.63. The van der Waals surface area contributed by atoms with Gasteiger partial charge < -0.3 is 9.57 Å². The first-order valence-electron chi connectivity index (χ1n) is 13.9. The molecule has 1 heterocycles. The number of hydroxylamine groups is 2. The lowest BCUT2D eigenvalue weighted by Gasteiger charge is -2.60. The van der Waals surface area contributed by atoms with E-state index in [0.717, 1.165) is 37.7 Å². The molecule has 0 aromatic rings. The summed E-state index contributed by atoms with van der Waals surface area (Å²) >= 11 is 0. The first kappa shape index (κ1) is 26.8. The van der Waals surface area contributed by atoms with Gasteiger partial charge in [-0.3, -0.25) is 24.0 Å². The Morgan fingerprint density at radius 1 is 0.947 bits per heavy atom. The molecule has 5 unspecified atom stereocenters. The van der Waals surface area contributed by atoms with Crippen molar-refractivity contribution in [2.24, 2.45) is 34.5 Å². The van der Waals surface area contributed by atoms with Crippen LogP contribution in [0.5, 0.6) is 0 Å². The average molecular weight is 528 g/mol. The molecule has 0 aromatic heterocycles. The summed E-state index contributed by atoms with van der Waals surface area (Å²) in [6.45, 7) is 6.03. The SMILES string of the molecule is CC(=O)C1CCC2C3CCC4=CC(=O)CC[C@]4(C)C3C(OC(=O)CCC(=O)ON3C(=O)CCC3=O)C[C@]12C. The van der Waals surface area contributed by atoms with Crippen molar-refractivity contribution in [2.45, 2.75) is 97.5 Å². The Hall–Kier alpha value is -2.84. The van der Waals surface area contributed by atoms with Gasteiger partial charge in [-0.25, -0.2) is 4.79 Å². The van der Waals surface area contributed by atoms with Gasteiger partial charge in [0.05, 0.1) is 12.8 Å². The number of hydrogen-bond donors (Lipinski definition) is 0. The van der Waals surface area contributed by atoms with E-state index in [1.54, 1.807) is 13.0 Å². The third-order valence-electron chi connectivity index (χ3n) is 10.4. The van der Waals surface area contributed by atoms with Crippen LogP contribution in [0.3, 0.4) is 0 Å². The van der Waals surface area contributed by atoms with Gasteiger partial charge in [0.2, 0.25) is 0 Å². The van der Waals surface area contributed by atoms with E-state index < -0.39 is 29.9 Å². The first-order chi connectivity index (χ1) is 17.9. The second-order valence-electron chi connectivity index (χ2n) is 12.4. The van der Waals surface area contributed by atoms with E-state index in [0.29, 0.717) is 23.8 Å². The largest absolute Gasteiger partial charge is 0.462 e. The van der Waals surface area contributed by atoms with Gasteiger partial charge in [0.1, 0.15) is 11.9 Å². The average Bonchev–Trinajstić information content (AvgIpc) is 3.36. The molecule has 2 amide bonds. The summed E-state index contributed by atoms with van der Waals surface area (Å²) in [4.78, 5) is 78.5. The van der Waals surface area contributed by atoms with E-state index in [9.17, 15) is 28.8 Å². The zero-order valence-electron chi connectivity index (χ0n) is 22.5. The lowest BCUT2D eigenvalue weighted by Crippen LogP contribution is -2.58. The van der Waals surface area contributed by atoms with Gasteiger partial charge in [0.15, 0.2) is 5.78 Å². The fraction of sp³-hybridized carbons (Fsp3) is 0.724. The van der Waals surface area contributed by atoms with Crippen LogP contribution >= 0.6 is 0 Å². The third-order valence-corrected chi connectivity index (χ3v) is 10.4. The number of nitrogens with zero attached hydrogens (tertiary/aromatic N) is 1. The van der Waals surface area contributed by atoms with Gasteiger partial charge in [0, 0.05) is 31.1 Å². The number of rotatable bonds is 6. The smallest absolute Gasteiger partial charge is 0.333 e. The molecular formula is C29H37NO8. The Morgan fingerprint density at radius 2 is 1.63 bits per heavy atom. The summed E-state index contributed by atoms with van der Waals surface area (Å²) < 4.78 is 6.15. The van der Waals surface area contributed by atoms with Crippen molar-refractivity contribution in [1.29, 1.82) is 0 Å². The van der Waals surface area contributed by atoms with Crippen LogP contribution in [0.1, 0.15) is 91.4 Å². The van der Waals surface area contributed by atoms with E-state index in [2.05, 4.69) is 13.8 Å². The van der Waals surface area contributed by atoms with E-state index in [-0.39, 0.29) is 65.8 Å². The Morgan fingerprint density at radius 3 is 2.32 bits per heavy atom. The highest BCUT2D eigenvalue weighted by Gasteiger charge is 2.63. The number of Topliss-reactive ketones (excluding diaryl/α,β-unsaturated/α-hetero) is 1. The van der Waals surface area contributed by atoms with Crippen molar-refractivity contribution in [3.8, 4) is 0 Å². The second-order valence-corrected chi connectivity index (χ2v) is 12.4. The molecule has 38 heavy (non-hydrogen) atoms. The quantitative estimate of drug-likeness (QED) is 0.379. The van der Waals surface area contributed by atoms with Crippen LogP contribution in [0, 0.1) is 34.5 Å². The van der Waals surface area contributed by atoms with Crippen molar-refractivity contribution >= 4 is 35.3 Å². The molecule has 0 spiro atoms. The summed E-state index contributed by atoms with van der Waals surface area (Å²) in [5.74, 6) is -1.59. The molecule has 9 nitrogen and oxygen atoms in total. The number of imide groups is 1. The Kier molecular flexibility index (Phi) is 6.84. The molecule has 0 radical (unpaired) electrons. The fourth-order valence-corrected chi connectivity index (χ4v) is 8.67. The van der Waals surface area contributed by atoms with Crippen molar-refractivity contribution in [2.75, 3.05) is 0 Å². The van der Waals surface area contributed by atoms with Gasteiger partial charge in [-0.15, -0.1) is 5.06 Å². The van der Waals surface area contributed by atoms with Gasteiger partial charge in [-0.2, -0.15) is 0 Å². The molecule has 0 bridgehead atoms. The lowest BCUT2D eigenvalue weighted by molar-refractivity contribution is -0.198. The first-order valence-corrected chi connectivity index (χ1v) is 13.9. The van der Waals surface area contributed by atoms with Gasteiger partial charge in [-0.05, 0) is 74.2 Å². The standard InChI is InChI=1S/C29H37NO8/c1-16(31)20-6-7-21-19-5-4-17-14-18(32)12-13-28(17,2)27(19)22(15-29(20,21)3)37-25(35)10-11-26(36)38-30-23(33)8-9-24(30)34/h14,19-22,27H,4-13,15H2,1-3H3/t19?,20?,21?,22?,27?,28-,29+/m0/s1. The summed E-state index contributed by atoms with van der Waals surface area (Å²) in [7, 11) is 0. The number of fused-ring (bicyclic) bond motifs is 5. The van der Waals surface area contributed by atoms with Crippen molar-refractivity contribution < 1.29 is 38.3 Å². The van der Waals surface area contributed by atoms with E-state index >= 15 is 0 Å². The number of ketones is 2. The molecule has 5 rings (SSSR count). The molecule has 5 aliphatic rings. The number of carbonyl (C=O) groups excluding carboxylic acids is 6. The number of hydrogen-bond acceptors (Lipinski definition) is 8. The maximum absolute atomic E-state index is 13.1. The molecule has 9 heteroatoms. The normalized spacial score (nSPS) is 38.2. The van der Waals surface area contributed by atoms with Crippen LogP contribution < -0.4 is 0 Å². The second kappa shape index (κ2) is 9.72. The van der Waals surface area contributed by atoms with Crippen molar-refractivity contribution in [1.82, 2.24) is 5.06 Å². The van der Waals surface area contributed by atoms with Crippen LogP contribution in [0.4, 0.5) is 0 Å². The molecule has 0 aromatic carbocycles. The molecule has 1 saturated heterocycles. The molecule has 206 valence electrons. The maximum Gasteiger partial charge on any atom is 0.333 e. The summed E-state index contributed by atoms with van der Waals surface area (Å²) in [5, 5.41) is 0.476.